The number of para-hydroxylation sites is 2. The van der Waals surface area contributed by atoms with E-state index in [-0.39, 0.29) is 0 Å². The normalized spacial score (nSPS) is 17.3. The van der Waals surface area contributed by atoms with Crippen LogP contribution in [-0.2, 0) is 9.47 Å². The molecular formula is C27H28ClN3O2. The van der Waals surface area contributed by atoms with Crippen LogP contribution < -0.4 is 10.2 Å². The van der Waals surface area contributed by atoms with Gasteiger partial charge in [-0.1, -0.05) is 48.0 Å². The highest BCUT2D eigenvalue weighted by atomic mass is 35.5. The molecule has 3 aromatic rings. The van der Waals surface area contributed by atoms with Crippen molar-refractivity contribution in [1.82, 2.24) is 0 Å². The zero-order valence-electron chi connectivity index (χ0n) is 18.7. The smallest absolute Gasteiger partial charge is 0.162 e. The molecule has 0 fully saturated rings. The molecule has 0 radical (unpaired) electrons. The minimum Gasteiger partial charge on any atom is -0.498 e. The number of nitrogens with one attached hydrogen (secondary N) is 1. The van der Waals surface area contributed by atoms with Crippen LogP contribution >= 0.6 is 11.6 Å². The Hall–Kier alpha value is -3.28. The molecule has 1 heterocycles. The molecule has 1 aliphatic heterocycles. The van der Waals surface area contributed by atoms with Crippen molar-refractivity contribution in [2.75, 3.05) is 43.6 Å². The second-order valence-corrected chi connectivity index (χ2v) is 8.19. The third-order valence-corrected chi connectivity index (χ3v) is 5.80. The molecule has 3 aromatic carbocycles. The van der Waals surface area contributed by atoms with E-state index in [0.29, 0.717) is 31.3 Å². The SMILES string of the molecule is COC1=CC=NCC1(CN(c1ccccc1)c1ccccc1)OCCNc1ccc(Cl)cc1. The highest BCUT2D eigenvalue weighted by molar-refractivity contribution is 6.30. The molecule has 0 spiro atoms. The summed E-state index contributed by atoms with van der Waals surface area (Å²) in [6.45, 7) is 2.15. The maximum atomic E-state index is 6.56. The van der Waals surface area contributed by atoms with Gasteiger partial charge in [0, 0.05) is 34.8 Å². The van der Waals surface area contributed by atoms with Crippen molar-refractivity contribution in [3.8, 4) is 0 Å². The van der Waals surface area contributed by atoms with Gasteiger partial charge in [0.2, 0.25) is 0 Å². The lowest BCUT2D eigenvalue weighted by molar-refractivity contribution is -0.0333. The van der Waals surface area contributed by atoms with Gasteiger partial charge in [0.1, 0.15) is 5.76 Å². The van der Waals surface area contributed by atoms with Gasteiger partial charge < -0.3 is 19.7 Å². The van der Waals surface area contributed by atoms with E-state index in [9.17, 15) is 0 Å². The highest BCUT2D eigenvalue weighted by Gasteiger charge is 2.40. The molecule has 1 aliphatic rings. The fourth-order valence-corrected chi connectivity index (χ4v) is 4.03. The van der Waals surface area contributed by atoms with Gasteiger partial charge in [-0.15, -0.1) is 0 Å². The minimum absolute atomic E-state index is 0.476. The van der Waals surface area contributed by atoms with Crippen LogP contribution in [0.4, 0.5) is 17.1 Å². The van der Waals surface area contributed by atoms with E-state index in [1.54, 1.807) is 13.3 Å². The number of dihydropyridines is 1. The fraction of sp³-hybridized carbons (Fsp3) is 0.222. The topological polar surface area (TPSA) is 46.1 Å². The van der Waals surface area contributed by atoms with Gasteiger partial charge >= 0.3 is 0 Å². The van der Waals surface area contributed by atoms with Crippen LogP contribution in [0, 0.1) is 0 Å². The molecule has 1 N–H and O–H groups in total. The summed E-state index contributed by atoms with van der Waals surface area (Å²) >= 11 is 5.98. The number of aliphatic imine (C=N–C) groups is 1. The number of allylic oxidation sites excluding steroid dienone is 1. The van der Waals surface area contributed by atoms with E-state index in [1.807, 2.05) is 66.7 Å². The Morgan fingerprint density at radius 1 is 0.939 bits per heavy atom. The van der Waals surface area contributed by atoms with Crippen LogP contribution in [0.5, 0.6) is 0 Å². The molecule has 33 heavy (non-hydrogen) atoms. The maximum Gasteiger partial charge on any atom is 0.162 e. The number of rotatable bonds is 10. The first-order chi connectivity index (χ1) is 16.2. The van der Waals surface area contributed by atoms with E-state index < -0.39 is 5.60 Å². The molecule has 5 nitrogen and oxygen atoms in total. The Labute approximate surface area is 200 Å². The maximum absolute atomic E-state index is 6.56. The van der Waals surface area contributed by atoms with Crippen LogP contribution in [0.3, 0.4) is 0 Å². The quantitative estimate of drug-likeness (QED) is 0.378. The lowest BCUT2D eigenvalue weighted by atomic mass is 9.97. The molecule has 0 saturated heterocycles. The summed E-state index contributed by atoms with van der Waals surface area (Å²) in [4.78, 5) is 6.80. The number of hydrogen-bond acceptors (Lipinski definition) is 5. The number of nitrogens with zero attached hydrogens (tertiary/aromatic N) is 2. The summed E-state index contributed by atoms with van der Waals surface area (Å²) in [7, 11) is 1.68. The van der Waals surface area contributed by atoms with E-state index in [2.05, 4.69) is 39.5 Å². The number of benzene rings is 3. The molecule has 6 heteroatoms. The number of anilines is 3. The van der Waals surface area contributed by atoms with Crippen molar-refractivity contribution in [3.63, 3.8) is 0 Å². The first-order valence-electron chi connectivity index (χ1n) is 11.0. The summed E-state index contributed by atoms with van der Waals surface area (Å²) in [5.74, 6) is 0.765. The van der Waals surface area contributed by atoms with Crippen molar-refractivity contribution in [3.05, 3.63) is 102 Å². The molecule has 0 saturated carbocycles. The van der Waals surface area contributed by atoms with E-state index in [1.165, 1.54) is 0 Å². The van der Waals surface area contributed by atoms with Gasteiger partial charge in [-0.25, -0.2) is 0 Å². The monoisotopic (exact) mass is 461 g/mol. The number of methoxy groups -OCH3 is 1. The summed E-state index contributed by atoms with van der Waals surface area (Å²) in [5.41, 5.74) is 2.43. The third kappa shape index (κ3) is 5.75. The highest BCUT2D eigenvalue weighted by Crippen LogP contribution is 2.33. The lowest BCUT2D eigenvalue weighted by Crippen LogP contribution is -2.50. The lowest BCUT2D eigenvalue weighted by Gasteiger charge is -2.40. The Balaban J connectivity index is 1.56. The van der Waals surface area contributed by atoms with E-state index in [4.69, 9.17) is 21.1 Å². The Morgan fingerprint density at radius 3 is 2.18 bits per heavy atom. The van der Waals surface area contributed by atoms with Gasteiger partial charge in [-0.05, 0) is 54.6 Å². The second kappa shape index (κ2) is 11.0. The van der Waals surface area contributed by atoms with Crippen LogP contribution in [0.25, 0.3) is 0 Å². The minimum atomic E-state index is -0.725. The Kier molecular flexibility index (Phi) is 7.66. The van der Waals surface area contributed by atoms with Crippen LogP contribution in [0.15, 0.2) is 102 Å². The first kappa shape index (κ1) is 22.9. The molecular weight excluding hydrogens is 434 g/mol. The van der Waals surface area contributed by atoms with Crippen LogP contribution in [-0.4, -0.2) is 45.2 Å². The van der Waals surface area contributed by atoms with Crippen molar-refractivity contribution >= 4 is 34.9 Å². The molecule has 1 unspecified atom stereocenters. The molecule has 1 atom stereocenters. The summed E-state index contributed by atoms with van der Waals surface area (Å²) in [6.07, 6.45) is 3.67. The van der Waals surface area contributed by atoms with Gasteiger partial charge in [0.15, 0.2) is 5.60 Å². The van der Waals surface area contributed by atoms with Gasteiger partial charge in [-0.2, -0.15) is 0 Å². The second-order valence-electron chi connectivity index (χ2n) is 7.76. The van der Waals surface area contributed by atoms with E-state index in [0.717, 1.165) is 22.8 Å². The zero-order valence-corrected chi connectivity index (χ0v) is 19.4. The largest absolute Gasteiger partial charge is 0.498 e. The van der Waals surface area contributed by atoms with Crippen molar-refractivity contribution in [2.24, 2.45) is 4.99 Å². The molecule has 0 aromatic heterocycles. The van der Waals surface area contributed by atoms with Crippen molar-refractivity contribution in [1.29, 1.82) is 0 Å². The number of hydrogen-bond donors (Lipinski definition) is 1. The van der Waals surface area contributed by atoms with Gasteiger partial charge in [0.25, 0.3) is 0 Å². The molecule has 0 bridgehead atoms. The summed E-state index contributed by atoms with van der Waals surface area (Å²) in [6, 6.07) is 28.3. The Bertz CT molecular complexity index is 1030. The number of halogens is 1. The average molecular weight is 462 g/mol. The summed E-state index contributed by atoms with van der Waals surface area (Å²) < 4.78 is 12.3. The zero-order chi connectivity index (χ0) is 22.9. The van der Waals surface area contributed by atoms with Gasteiger partial charge in [0.05, 0.1) is 26.8 Å². The average Bonchev–Trinajstić information content (AvgIpc) is 2.88. The van der Waals surface area contributed by atoms with Gasteiger partial charge in [-0.3, -0.25) is 4.99 Å². The predicted molar refractivity (Wildman–Crippen MR) is 137 cm³/mol. The predicted octanol–water partition coefficient (Wildman–Crippen LogP) is 5.96. The molecule has 170 valence electrons. The molecule has 0 aliphatic carbocycles. The molecule has 0 amide bonds. The first-order valence-corrected chi connectivity index (χ1v) is 11.3. The number of ether oxygens (including phenoxy) is 2. The van der Waals surface area contributed by atoms with Crippen molar-refractivity contribution in [2.45, 2.75) is 5.60 Å². The standard InChI is InChI=1S/C27H28ClN3O2/c1-32-26-16-17-29-20-27(26,33-19-18-30-23-14-12-22(28)13-15-23)21-31(24-8-4-2-5-9-24)25-10-6-3-7-11-25/h2-17,30H,18-21H2,1H3. The summed E-state index contributed by atoms with van der Waals surface area (Å²) in [5, 5.41) is 4.10. The third-order valence-electron chi connectivity index (χ3n) is 5.55. The van der Waals surface area contributed by atoms with Crippen LogP contribution in [0.1, 0.15) is 0 Å². The van der Waals surface area contributed by atoms with Crippen LogP contribution in [0.2, 0.25) is 5.02 Å². The Morgan fingerprint density at radius 2 is 1.58 bits per heavy atom. The van der Waals surface area contributed by atoms with E-state index >= 15 is 0 Å². The fourth-order valence-electron chi connectivity index (χ4n) is 3.91. The molecule has 4 rings (SSSR count). The van der Waals surface area contributed by atoms with Crippen molar-refractivity contribution < 1.29 is 9.47 Å².